The Balaban J connectivity index is 2.08. The molecule has 0 spiro atoms. The van der Waals surface area contributed by atoms with E-state index in [1.807, 2.05) is 0 Å². The van der Waals surface area contributed by atoms with Crippen LogP contribution in [0.5, 0.6) is 0 Å². The number of anilines is 1. The zero-order valence-electron chi connectivity index (χ0n) is 9.43. The third-order valence-corrected chi connectivity index (χ3v) is 3.21. The maximum Gasteiger partial charge on any atom is 0.225 e. The fraction of sp³-hybridized carbons (Fsp3) is 0.636. The van der Waals surface area contributed by atoms with Gasteiger partial charge in [-0.05, 0) is 12.3 Å². The molecule has 1 aromatic heterocycles. The molecule has 0 aromatic carbocycles. The molecule has 1 aromatic rings. The van der Waals surface area contributed by atoms with Crippen molar-refractivity contribution in [3.8, 4) is 0 Å². The molecular weight excluding hydrogens is 207 g/mol. The molecule has 16 heavy (non-hydrogen) atoms. The van der Waals surface area contributed by atoms with Crippen molar-refractivity contribution in [2.24, 2.45) is 11.7 Å². The summed E-state index contributed by atoms with van der Waals surface area (Å²) in [5, 5.41) is 0. The Hall–Kier alpha value is -1.23. The zero-order chi connectivity index (χ0) is 11.5. The molecule has 1 fully saturated rings. The number of hydrogen-bond acceptors (Lipinski definition) is 4. The molecule has 0 radical (unpaired) electrons. The van der Waals surface area contributed by atoms with Gasteiger partial charge in [0.05, 0.1) is 12.4 Å². The largest absolute Gasteiger partial charge is 0.340 e. The third kappa shape index (κ3) is 2.29. The Bertz CT molecular complexity index is 340. The third-order valence-electron chi connectivity index (χ3n) is 3.21. The summed E-state index contributed by atoms with van der Waals surface area (Å²) in [4.78, 5) is 10.1. The first-order valence-electron chi connectivity index (χ1n) is 5.68. The summed E-state index contributed by atoms with van der Waals surface area (Å²) in [6.07, 6.45) is 4.41. The molecule has 2 unspecified atom stereocenters. The van der Waals surface area contributed by atoms with Crippen molar-refractivity contribution in [1.82, 2.24) is 9.97 Å². The van der Waals surface area contributed by atoms with Gasteiger partial charge in [-0.25, -0.2) is 14.4 Å². The van der Waals surface area contributed by atoms with Crippen molar-refractivity contribution in [2.45, 2.75) is 25.8 Å². The highest BCUT2D eigenvalue weighted by Gasteiger charge is 2.26. The average molecular weight is 224 g/mol. The van der Waals surface area contributed by atoms with E-state index in [9.17, 15) is 4.39 Å². The quantitative estimate of drug-likeness (QED) is 0.819. The van der Waals surface area contributed by atoms with Gasteiger partial charge in [0.15, 0.2) is 5.82 Å². The van der Waals surface area contributed by atoms with Crippen LogP contribution in [0.4, 0.5) is 10.3 Å². The summed E-state index contributed by atoms with van der Waals surface area (Å²) >= 11 is 0. The van der Waals surface area contributed by atoms with Gasteiger partial charge < -0.3 is 10.6 Å². The predicted octanol–water partition coefficient (Wildman–Crippen LogP) is 1.18. The lowest BCUT2D eigenvalue weighted by Crippen LogP contribution is -2.47. The standard InChI is InChI=1S/C11H17FN4/c1-2-8-7-16(4-3-10(8)13)11-14-5-9(12)6-15-11/h5-6,8,10H,2-4,7,13H2,1H3. The van der Waals surface area contributed by atoms with Crippen LogP contribution in [0.15, 0.2) is 12.4 Å². The number of rotatable bonds is 2. The van der Waals surface area contributed by atoms with Crippen LogP contribution in [0.3, 0.4) is 0 Å². The van der Waals surface area contributed by atoms with E-state index in [0.29, 0.717) is 11.9 Å². The monoisotopic (exact) mass is 224 g/mol. The van der Waals surface area contributed by atoms with E-state index in [0.717, 1.165) is 25.9 Å². The maximum absolute atomic E-state index is 12.7. The van der Waals surface area contributed by atoms with Crippen LogP contribution in [0, 0.1) is 11.7 Å². The molecule has 1 saturated heterocycles. The molecule has 0 bridgehead atoms. The van der Waals surface area contributed by atoms with Gasteiger partial charge in [0.2, 0.25) is 5.95 Å². The Morgan fingerprint density at radius 3 is 2.81 bits per heavy atom. The summed E-state index contributed by atoms with van der Waals surface area (Å²) < 4.78 is 12.7. The highest BCUT2D eigenvalue weighted by molar-refractivity contribution is 5.29. The Morgan fingerprint density at radius 1 is 1.50 bits per heavy atom. The number of nitrogens with two attached hydrogens (primary N) is 1. The first-order chi connectivity index (χ1) is 7.70. The van der Waals surface area contributed by atoms with Crippen LogP contribution in [-0.4, -0.2) is 29.1 Å². The van der Waals surface area contributed by atoms with Crippen LogP contribution in [0.1, 0.15) is 19.8 Å². The lowest BCUT2D eigenvalue weighted by Gasteiger charge is -2.36. The van der Waals surface area contributed by atoms with Crippen molar-refractivity contribution < 1.29 is 4.39 Å². The Labute approximate surface area is 94.7 Å². The van der Waals surface area contributed by atoms with E-state index in [4.69, 9.17) is 5.73 Å². The molecule has 2 heterocycles. The van der Waals surface area contributed by atoms with Crippen LogP contribution in [0.2, 0.25) is 0 Å². The van der Waals surface area contributed by atoms with Crippen molar-refractivity contribution in [3.05, 3.63) is 18.2 Å². The molecule has 2 N–H and O–H groups in total. The van der Waals surface area contributed by atoms with Gasteiger partial charge >= 0.3 is 0 Å². The SMILES string of the molecule is CCC1CN(c2ncc(F)cn2)CCC1N. The second kappa shape index (κ2) is 4.74. The first-order valence-corrected chi connectivity index (χ1v) is 5.68. The molecule has 2 atom stereocenters. The molecule has 0 amide bonds. The molecule has 0 saturated carbocycles. The van der Waals surface area contributed by atoms with E-state index >= 15 is 0 Å². The van der Waals surface area contributed by atoms with Gasteiger partial charge in [-0.1, -0.05) is 13.3 Å². The van der Waals surface area contributed by atoms with Crippen molar-refractivity contribution in [2.75, 3.05) is 18.0 Å². The van der Waals surface area contributed by atoms with E-state index in [1.165, 1.54) is 12.4 Å². The van der Waals surface area contributed by atoms with Crippen LogP contribution < -0.4 is 10.6 Å². The lowest BCUT2D eigenvalue weighted by atomic mass is 9.91. The van der Waals surface area contributed by atoms with Gasteiger partial charge in [-0.3, -0.25) is 0 Å². The summed E-state index contributed by atoms with van der Waals surface area (Å²) in [5.74, 6) is 0.679. The number of hydrogen-bond donors (Lipinski definition) is 1. The van der Waals surface area contributed by atoms with Crippen molar-refractivity contribution >= 4 is 5.95 Å². The van der Waals surface area contributed by atoms with E-state index in [-0.39, 0.29) is 6.04 Å². The topological polar surface area (TPSA) is 55.0 Å². The highest BCUT2D eigenvalue weighted by atomic mass is 19.1. The maximum atomic E-state index is 12.7. The number of piperidine rings is 1. The molecule has 88 valence electrons. The van der Waals surface area contributed by atoms with Gasteiger partial charge in [0.25, 0.3) is 0 Å². The fourth-order valence-corrected chi connectivity index (χ4v) is 2.13. The molecule has 5 heteroatoms. The minimum atomic E-state index is -0.399. The van der Waals surface area contributed by atoms with Gasteiger partial charge in [-0.2, -0.15) is 0 Å². The highest BCUT2D eigenvalue weighted by Crippen LogP contribution is 2.21. The average Bonchev–Trinajstić information content (AvgIpc) is 2.31. The number of halogens is 1. The zero-order valence-corrected chi connectivity index (χ0v) is 9.43. The fourth-order valence-electron chi connectivity index (χ4n) is 2.13. The van der Waals surface area contributed by atoms with Crippen molar-refractivity contribution in [1.29, 1.82) is 0 Å². The number of aromatic nitrogens is 2. The molecule has 1 aliphatic heterocycles. The molecule has 2 rings (SSSR count). The van der Waals surface area contributed by atoms with Crippen LogP contribution >= 0.6 is 0 Å². The van der Waals surface area contributed by atoms with Gasteiger partial charge in [0.1, 0.15) is 0 Å². The van der Waals surface area contributed by atoms with E-state index < -0.39 is 5.82 Å². The second-order valence-corrected chi connectivity index (χ2v) is 4.27. The number of nitrogens with zero attached hydrogens (tertiary/aromatic N) is 3. The Morgan fingerprint density at radius 2 is 2.19 bits per heavy atom. The minimum Gasteiger partial charge on any atom is -0.340 e. The van der Waals surface area contributed by atoms with E-state index in [2.05, 4.69) is 21.8 Å². The summed E-state index contributed by atoms with van der Waals surface area (Å²) in [6.45, 7) is 3.85. The summed E-state index contributed by atoms with van der Waals surface area (Å²) in [5.41, 5.74) is 6.03. The predicted molar refractivity (Wildman–Crippen MR) is 60.6 cm³/mol. The van der Waals surface area contributed by atoms with Crippen LogP contribution in [0.25, 0.3) is 0 Å². The first kappa shape index (κ1) is 11.3. The molecular formula is C11H17FN4. The molecule has 0 aliphatic carbocycles. The van der Waals surface area contributed by atoms with Gasteiger partial charge in [0, 0.05) is 19.1 Å². The lowest BCUT2D eigenvalue weighted by molar-refractivity contribution is 0.345. The summed E-state index contributed by atoms with van der Waals surface area (Å²) in [7, 11) is 0. The second-order valence-electron chi connectivity index (χ2n) is 4.27. The molecule has 4 nitrogen and oxygen atoms in total. The minimum absolute atomic E-state index is 0.265. The molecule has 1 aliphatic rings. The van der Waals surface area contributed by atoms with Gasteiger partial charge in [-0.15, -0.1) is 0 Å². The normalized spacial score (nSPS) is 25.8. The smallest absolute Gasteiger partial charge is 0.225 e. The van der Waals surface area contributed by atoms with E-state index in [1.54, 1.807) is 0 Å². The van der Waals surface area contributed by atoms with Crippen LogP contribution in [-0.2, 0) is 0 Å². The summed E-state index contributed by atoms with van der Waals surface area (Å²) in [6, 6.07) is 0.265. The van der Waals surface area contributed by atoms with Crippen molar-refractivity contribution in [3.63, 3.8) is 0 Å². The Kier molecular flexibility index (Phi) is 3.33.